The van der Waals surface area contributed by atoms with Gasteiger partial charge in [0.15, 0.2) is 0 Å². The summed E-state index contributed by atoms with van der Waals surface area (Å²) in [5, 5.41) is 10.7. The Morgan fingerprint density at radius 3 is 2.81 bits per heavy atom. The third kappa shape index (κ3) is 4.10. The molecule has 1 aliphatic carbocycles. The van der Waals surface area contributed by atoms with Crippen molar-refractivity contribution in [3.05, 3.63) is 88.1 Å². The van der Waals surface area contributed by atoms with Crippen molar-refractivity contribution < 1.29 is 4.79 Å². The van der Waals surface area contributed by atoms with Gasteiger partial charge in [0, 0.05) is 16.5 Å². The molecular weight excluding hydrogens is 416 g/mol. The number of aromatic nitrogens is 3. The van der Waals surface area contributed by atoms with Crippen LogP contribution in [0.2, 0.25) is 0 Å². The van der Waals surface area contributed by atoms with Crippen molar-refractivity contribution in [2.45, 2.75) is 45.6 Å². The second-order valence-electron chi connectivity index (χ2n) is 8.46. The van der Waals surface area contributed by atoms with Gasteiger partial charge in [-0.25, -0.2) is 9.67 Å². The molecule has 4 aromatic rings. The minimum atomic E-state index is -0.0697. The van der Waals surface area contributed by atoms with Gasteiger partial charge < -0.3 is 5.32 Å². The Hall–Kier alpha value is -3.25. The maximum atomic E-state index is 12.9. The summed E-state index contributed by atoms with van der Waals surface area (Å²) in [5.74, 6) is 0.713. The number of rotatable bonds is 5. The number of nitrogens with zero attached hydrogens (tertiary/aromatic N) is 3. The van der Waals surface area contributed by atoms with Crippen LogP contribution in [0.15, 0.2) is 60.1 Å². The summed E-state index contributed by atoms with van der Waals surface area (Å²) in [6, 6.07) is 17.0. The average Bonchev–Trinajstić information content (AvgIpc) is 3.41. The van der Waals surface area contributed by atoms with Gasteiger partial charge in [-0.2, -0.15) is 5.10 Å². The molecule has 0 aliphatic heterocycles. The average molecular weight is 443 g/mol. The summed E-state index contributed by atoms with van der Waals surface area (Å²) < 4.78 is 1.99. The second-order valence-corrected chi connectivity index (χ2v) is 9.32. The van der Waals surface area contributed by atoms with Gasteiger partial charge in [0.2, 0.25) is 5.91 Å². The van der Waals surface area contributed by atoms with E-state index in [2.05, 4.69) is 70.9 Å². The maximum absolute atomic E-state index is 12.9. The van der Waals surface area contributed by atoms with E-state index < -0.39 is 0 Å². The Labute approximate surface area is 192 Å². The third-order valence-electron chi connectivity index (χ3n) is 6.06. The van der Waals surface area contributed by atoms with Crippen molar-refractivity contribution in [2.24, 2.45) is 0 Å². The highest BCUT2D eigenvalue weighted by molar-refractivity contribution is 7.13. The van der Waals surface area contributed by atoms with Gasteiger partial charge in [-0.1, -0.05) is 54.1 Å². The summed E-state index contributed by atoms with van der Waals surface area (Å²) in [6.45, 7) is 4.06. The number of benzene rings is 2. The highest BCUT2D eigenvalue weighted by atomic mass is 32.1. The van der Waals surface area contributed by atoms with Crippen LogP contribution in [0.5, 0.6) is 0 Å². The molecule has 5 rings (SSSR count). The minimum absolute atomic E-state index is 0.0697. The smallest absolute Gasteiger partial charge is 0.231 e. The maximum Gasteiger partial charge on any atom is 0.231 e. The molecule has 5 nitrogen and oxygen atoms in total. The van der Waals surface area contributed by atoms with Gasteiger partial charge in [0.05, 0.1) is 24.4 Å². The Morgan fingerprint density at radius 1 is 1.16 bits per heavy atom. The van der Waals surface area contributed by atoms with Gasteiger partial charge in [0.1, 0.15) is 10.8 Å². The highest BCUT2D eigenvalue weighted by Crippen LogP contribution is 2.35. The van der Waals surface area contributed by atoms with Crippen LogP contribution in [0.3, 0.4) is 0 Å². The lowest BCUT2D eigenvalue weighted by atomic mass is 9.88. The van der Waals surface area contributed by atoms with Crippen LogP contribution in [-0.2, 0) is 17.6 Å². The number of carbonyl (C=O) groups is 1. The van der Waals surface area contributed by atoms with E-state index in [-0.39, 0.29) is 18.4 Å². The van der Waals surface area contributed by atoms with Crippen LogP contribution in [0, 0.1) is 13.8 Å². The molecule has 1 unspecified atom stereocenters. The number of anilines is 1. The molecule has 0 fully saturated rings. The zero-order chi connectivity index (χ0) is 22.1. The number of hydrogen-bond acceptors (Lipinski definition) is 4. The summed E-state index contributed by atoms with van der Waals surface area (Å²) in [7, 11) is 0. The van der Waals surface area contributed by atoms with Crippen molar-refractivity contribution in [3.63, 3.8) is 0 Å². The lowest BCUT2D eigenvalue weighted by molar-refractivity contribution is -0.115. The van der Waals surface area contributed by atoms with Crippen LogP contribution in [0.4, 0.5) is 5.82 Å². The first-order valence-corrected chi connectivity index (χ1v) is 11.9. The monoisotopic (exact) mass is 442 g/mol. The SMILES string of the molecule is Cc1ccc(-c2nc(CC(=O)Nc3c(C)cnn3C3CCCc4ccccc43)cs2)cc1. The van der Waals surface area contributed by atoms with Gasteiger partial charge in [-0.3, -0.25) is 4.79 Å². The normalized spacial score (nSPS) is 15.4. The Morgan fingerprint density at radius 2 is 1.97 bits per heavy atom. The van der Waals surface area contributed by atoms with E-state index in [0.717, 1.165) is 46.9 Å². The topological polar surface area (TPSA) is 59.8 Å². The molecule has 162 valence electrons. The zero-order valence-corrected chi connectivity index (χ0v) is 19.2. The van der Waals surface area contributed by atoms with Crippen molar-refractivity contribution in [3.8, 4) is 10.6 Å². The molecule has 1 aliphatic rings. The summed E-state index contributed by atoms with van der Waals surface area (Å²) in [5.41, 5.74) is 6.74. The van der Waals surface area contributed by atoms with Crippen molar-refractivity contribution in [2.75, 3.05) is 5.32 Å². The van der Waals surface area contributed by atoms with E-state index in [0.29, 0.717) is 0 Å². The van der Waals surface area contributed by atoms with E-state index in [4.69, 9.17) is 0 Å². The molecule has 1 N–H and O–H groups in total. The standard InChI is InChI=1S/C26H26N4OS/c1-17-10-12-20(13-11-17)26-28-21(16-32-26)14-24(31)29-25-18(2)15-27-30(25)23-9-5-7-19-6-3-4-8-22(19)23/h3-4,6,8,10-13,15-16,23H,5,7,9,14H2,1-2H3,(H,29,31). The van der Waals surface area contributed by atoms with Crippen LogP contribution >= 0.6 is 11.3 Å². The van der Waals surface area contributed by atoms with E-state index in [1.54, 1.807) is 11.3 Å². The quantitative estimate of drug-likeness (QED) is 0.429. The fourth-order valence-corrected chi connectivity index (χ4v) is 5.21. The van der Waals surface area contributed by atoms with Crippen LogP contribution < -0.4 is 5.32 Å². The van der Waals surface area contributed by atoms with E-state index in [9.17, 15) is 4.79 Å². The molecule has 0 saturated heterocycles. The molecule has 1 amide bonds. The molecule has 2 heterocycles. The molecule has 0 spiro atoms. The predicted octanol–water partition coefficient (Wildman–Crippen LogP) is 5.73. The molecule has 32 heavy (non-hydrogen) atoms. The molecule has 1 atom stereocenters. The second kappa shape index (κ2) is 8.71. The Balaban J connectivity index is 1.33. The van der Waals surface area contributed by atoms with Crippen molar-refractivity contribution in [1.29, 1.82) is 0 Å². The number of amides is 1. The number of thiazole rings is 1. The lowest BCUT2D eigenvalue weighted by Gasteiger charge is -2.27. The minimum Gasteiger partial charge on any atom is -0.310 e. The van der Waals surface area contributed by atoms with Crippen LogP contribution in [0.1, 0.15) is 46.8 Å². The Kier molecular flexibility index (Phi) is 5.62. The number of fused-ring (bicyclic) bond motifs is 1. The molecule has 0 bridgehead atoms. The van der Waals surface area contributed by atoms with Gasteiger partial charge >= 0.3 is 0 Å². The number of nitrogens with one attached hydrogen (secondary N) is 1. The summed E-state index contributed by atoms with van der Waals surface area (Å²) >= 11 is 1.57. The summed E-state index contributed by atoms with van der Waals surface area (Å²) in [6.07, 6.45) is 5.32. The Bertz CT molecular complexity index is 1260. The van der Waals surface area contributed by atoms with Crippen LogP contribution in [-0.4, -0.2) is 20.7 Å². The summed E-state index contributed by atoms with van der Waals surface area (Å²) in [4.78, 5) is 17.6. The number of hydrogen-bond donors (Lipinski definition) is 1. The van der Waals surface area contributed by atoms with E-state index >= 15 is 0 Å². The van der Waals surface area contributed by atoms with Crippen molar-refractivity contribution >= 4 is 23.1 Å². The first-order chi connectivity index (χ1) is 15.6. The van der Waals surface area contributed by atoms with Gasteiger partial charge in [-0.15, -0.1) is 11.3 Å². The lowest BCUT2D eigenvalue weighted by Crippen LogP contribution is -2.23. The number of aryl methyl sites for hydroxylation is 3. The fraction of sp³-hybridized carbons (Fsp3) is 0.269. The molecule has 2 aromatic carbocycles. The fourth-order valence-electron chi connectivity index (χ4n) is 4.38. The number of carbonyl (C=O) groups excluding carboxylic acids is 1. The van der Waals surface area contributed by atoms with Crippen molar-refractivity contribution in [1.82, 2.24) is 14.8 Å². The molecule has 0 saturated carbocycles. The molecule has 0 radical (unpaired) electrons. The largest absolute Gasteiger partial charge is 0.310 e. The van der Waals surface area contributed by atoms with E-state index in [1.165, 1.54) is 16.7 Å². The van der Waals surface area contributed by atoms with Gasteiger partial charge in [-0.05, 0) is 44.2 Å². The predicted molar refractivity (Wildman–Crippen MR) is 129 cm³/mol. The zero-order valence-electron chi connectivity index (χ0n) is 18.3. The molecule has 2 aromatic heterocycles. The van der Waals surface area contributed by atoms with Crippen LogP contribution in [0.25, 0.3) is 10.6 Å². The highest BCUT2D eigenvalue weighted by Gasteiger charge is 2.25. The first-order valence-electron chi connectivity index (χ1n) is 11.0. The third-order valence-corrected chi connectivity index (χ3v) is 7.00. The molecule has 6 heteroatoms. The first kappa shape index (κ1) is 20.6. The van der Waals surface area contributed by atoms with E-state index in [1.807, 2.05) is 23.2 Å². The van der Waals surface area contributed by atoms with Gasteiger partial charge in [0.25, 0.3) is 0 Å². The molecular formula is C26H26N4OS.